The van der Waals surface area contributed by atoms with Gasteiger partial charge in [-0.25, -0.2) is 0 Å². The van der Waals surface area contributed by atoms with Gasteiger partial charge in [0.25, 0.3) is 0 Å². The second-order valence-electron chi connectivity index (χ2n) is 4.83. The topological polar surface area (TPSA) is 16.1 Å². The molecule has 1 fully saturated rings. The normalized spacial score (nSPS) is 21.3. The van der Waals surface area contributed by atoms with Crippen molar-refractivity contribution < 1.29 is 0 Å². The van der Waals surface area contributed by atoms with Crippen molar-refractivity contribution in [1.29, 1.82) is 0 Å². The molecule has 0 aliphatic carbocycles. The molecule has 1 aromatic heterocycles. The Labute approximate surface area is 109 Å². The Balaban J connectivity index is 2.11. The smallest absolute Gasteiger partial charge is 0.0597 e. The number of aromatic nitrogens is 1. The average molecular weight is 253 g/mol. The zero-order valence-corrected chi connectivity index (χ0v) is 11.3. The number of nitrogens with zero attached hydrogens (tertiary/aromatic N) is 2. The van der Waals surface area contributed by atoms with Gasteiger partial charge in [0.05, 0.1) is 11.9 Å². The third-order valence-electron chi connectivity index (χ3n) is 3.80. The molecule has 0 saturated carbocycles. The first-order chi connectivity index (χ1) is 8.35. The number of hydrogen-bond donors (Lipinski definition) is 0. The molecule has 94 valence electrons. The summed E-state index contributed by atoms with van der Waals surface area (Å²) in [7, 11) is 0. The van der Waals surface area contributed by atoms with Gasteiger partial charge in [0.15, 0.2) is 0 Å². The lowest BCUT2D eigenvalue weighted by Gasteiger charge is -2.24. The molecule has 0 bridgehead atoms. The van der Waals surface area contributed by atoms with Gasteiger partial charge in [-0.2, -0.15) is 0 Å². The number of anilines is 1. The zero-order chi connectivity index (χ0) is 12.1. The fourth-order valence-corrected chi connectivity index (χ4v) is 2.85. The Morgan fingerprint density at radius 2 is 2.29 bits per heavy atom. The second kappa shape index (κ2) is 6.25. The molecule has 1 unspecified atom stereocenters. The van der Waals surface area contributed by atoms with Gasteiger partial charge in [0, 0.05) is 25.2 Å². The molecule has 2 rings (SSSR count). The standard InChI is InChI=1S/C14H21ClN2/c1-2-12-4-3-8-17(9-6-12)14-11-16-7-5-13(14)10-15/h5,7,11-12H,2-4,6,8-10H2,1H3. The summed E-state index contributed by atoms with van der Waals surface area (Å²) in [5, 5.41) is 0. The van der Waals surface area contributed by atoms with Gasteiger partial charge in [-0.1, -0.05) is 13.3 Å². The molecular weight excluding hydrogens is 232 g/mol. The first-order valence-corrected chi connectivity index (χ1v) is 7.12. The molecule has 1 aromatic rings. The highest BCUT2D eigenvalue weighted by Gasteiger charge is 2.17. The van der Waals surface area contributed by atoms with Crippen LogP contribution in [0.5, 0.6) is 0 Å². The van der Waals surface area contributed by atoms with Crippen molar-refractivity contribution in [3.8, 4) is 0 Å². The zero-order valence-electron chi connectivity index (χ0n) is 10.5. The van der Waals surface area contributed by atoms with Crippen LogP contribution in [0, 0.1) is 5.92 Å². The fraction of sp³-hybridized carbons (Fsp3) is 0.643. The summed E-state index contributed by atoms with van der Waals surface area (Å²) >= 11 is 5.99. The number of hydrogen-bond acceptors (Lipinski definition) is 2. The van der Waals surface area contributed by atoms with E-state index in [4.69, 9.17) is 11.6 Å². The average Bonchev–Trinajstić information content (AvgIpc) is 2.63. The first kappa shape index (κ1) is 12.7. The number of halogens is 1. The summed E-state index contributed by atoms with van der Waals surface area (Å²) in [6.45, 7) is 4.59. The molecule has 1 aliphatic heterocycles. The van der Waals surface area contributed by atoms with Crippen LogP contribution in [-0.2, 0) is 5.88 Å². The van der Waals surface area contributed by atoms with E-state index in [9.17, 15) is 0 Å². The number of alkyl halides is 1. The molecule has 1 saturated heterocycles. The van der Waals surface area contributed by atoms with Gasteiger partial charge in [-0.05, 0) is 36.8 Å². The largest absolute Gasteiger partial charge is 0.370 e. The van der Waals surface area contributed by atoms with Crippen molar-refractivity contribution in [2.45, 2.75) is 38.5 Å². The maximum atomic E-state index is 5.99. The second-order valence-corrected chi connectivity index (χ2v) is 5.10. The summed E-state index contributed by atoms with van der Waals surface area (Å²) < 4.78 is 0. The predicted octanol–water partition coefficient (Wildman–Crippen LogP) is 3.84. The Hall–Kier alpha value is -0.760. The van der Waals surface area contributed by atoms with Gasteiger partial charge in [-0.15, -0.1) is 11.6 Å². The summed E-state index contributed by atoms with van der Waals surface area (Å²) in [5.74, 6) is 1.47. The molecule has 0 amide bonds. The van der Waals surface area contributed by atoms with Crippen LogP contribution >= 0.6 is 11.6 Å². The van der Waals surface area contributed by atoms with Gasteiger partial charge in [0.2, 0.25) is 0 Å². The predicted molar refractivity (Wildman–Crippen MR) is 73.6 cm³/mol. The minimum absolute atomic E-state index is 0.575. The molecule has 1 atom stereocenters. The van der Waals surface area contributed by atoms with Crippen molar-refractivity contribution >= 4 is 17.3 Å². The van der Waals surface area contributed by atoms with Crippen LogP contribution in [0.25, 0.3) is 0 Å². The van der Waals surface area contributed by atoms with Crippen LogP contribution in [0.3, 0.4) is 0 Å². The Morgan fingerprint density at radius 3 is 3.06 bits per heavy atom. The molecule has 3 heteroatoms. The Morgan fingerprint density at radius 1 is 1.41 bits per heavy atom. The summed E-state index contributed by atoms with van der Waals surface area (Å²) in [6, 6.07) is 2.03. The highest BCUT2D eigenvalue weighted by molar-refractivity contribution is 6.17. The van der Waals surface area contributed by atoms with Crippen molar-refractivity contribution in [2.24, 2.45) is 5.92 Å². The Kier molecular flexibility index (Phi) is 4.66. The lowest BCUT2D eigenvalue weighted by atomic mass is 9.98. The molecule has 2 heterocycles. The first-order valence-electron chi connectivity index (χ1n) is 6.59. The van der Waals surface area contributed by atoms with Crippen LogP contribution in [0.2, 0.25) is 0 Å². The molecule has 1 aliphatic rings. The van der Waals surface area contributed by atoms with Gasteiger partial charge in [0.1, 0.15) is 0 Å². The molecule has 0 spiro atoms. The van der Waals surface area contributed by atoms with Crippen LogP contribution in [0.4, 0.5) is 5.69 Å². The molecule has 0 radical (unpaired) electrons. The van der Waals surface area contributed by atoms with Gasteiger partial charge in [-0.3, -0.25) is 4.98 Å². The van der Waals surface area contributed by atoms with Gasteiger partial charge >= 0.3 is 0 Å². The number of rotatable bonds is 3. The van der Waals surface area contributed by atoms with Crippen molar-refractivity contribution in [3.63, 3.8) is 0 Å². The van der Waals surface area contributed by atoms with E-state index < -0.39 is 0 Å². The van der Waals surface area contributed by atoms with E-state index in [-0.39, 0.29) is 0 Å². The molecule has 0 N–H and O–H groups in total. The molecule has 0 aromatic carbocycles. The van der Waals surface area contributed by atoms with Crippen molar-refractivity contribution in [3.05, 3.63) is 24.0 Å². The van der Waals surface area contributed by atoms with E-state index in [0.29, 0.717) is 5.88 Å². The highest BCUT2D eigenvalue weighted by Crippen LogP contribution is 2.26. The summed E-state index contributed by atoms with van der Waals surface area (Å²) in [6.07, 6.45) is 9.05. The molecule has 2 nitrogen and oxygen atoms in total. The van der Waals surface area contributed by atoms with Crippen LogP contribution in [-0.4, -0.2) is 18.1 Å². The lowest BCUT2D eigenvalue weighted by Crippen LogP contribution is -2.25. The van der Waals surface area contributed by atoms with Crippen LogP contribution in [0.1, 0.15) is 38.2 Å². The van der Waals surface area contributed by atoms with E-state index in [1.807, 2.05) is 18.5 Å². The van der Waals surface area contributed by atoms with Crippen molar-refractivity contribution in [2.75, 3.05) is 18.0 Å². The van der Waals surface area contributed by atoms with E-state index >= 15 is 0 Å². The van der Waals surface area contributed by atoms with E-state index in [2.05, 4.69) is 16.8 Å². The van der Waals surface area contributed by atoms with Crippen LogP contribution < -0.4 is 4.90 Å². The maximum Gasteiger partial charge on any atom is 0.0597 e. The number of pyridine rings is 1. The summed E-state index contributed by atoms with van der Waals surface area (Å²) in [5.41, 5.74) is 2.44. The monoisotopic (exact) mass is 252 g/mol. The quantitative estimate of drug-likeness (QED) is 0.760. The van der Waals surface area contributed by atoms with Crippen LogP contribution in [0.15, 0.2) is 18.5 Å². The fourth-order valence-electron chi connectivity index (χ4n) is 2.63. The highest BCUT2D eigenvalue weighted by atomic mass is 35.5. The SMILES string of the molecule is CCC1CCCN(c2cnccc2CCl)CC1. The van der Waals surface area contributed by atoms with E-state index in [1.165, 1.54) is 36.9 Å². The van der Waals surface area contributed by atoms with E-state index in [1.54, 1.807) is 0 Å². The van der Waals surface area contributed by atoms with Gasteiger partial charge < -0.3 is 4.90 Å². The lowest BCUT2D eigenvalue weighted by molar-refractivity contribution is 0.459. The third kappa shape index (κ3) is 3.12. The molecular formula is C14H21ClN2. The molecule has 17 heavy (non-hydrogen) atoms. The Bertz CT molecular complexity index is 354. The van der Waals surface area contributed by atoms with Crippen molar-refractivity contribution in [1.82, 2.24) is 4.98 Å². The van der Waals surface area contributed by atoms with E-state index in [0.717, 1.165) is 19.0 Å². The minimum Gasteiger partial charge on any atom is -0.370 e. The maximum absolute atomic E-state index is 5.99. The third-order valence-corrected chi connectivity index (χ3v) is 4.09. The minimum atomic E-state index is 0.575. The summed E-state index contributed by atoms with van der Waals surface area (Å²) in [4.78, 5) is 6.70.